The molecule has 3 rings (SSSR count). The Morgan fingerprint density at radius 2 is 1.85 bits per heavy atom. The van der Waals surface area contributed by atoms with E-state index >= 15 is 0 Å². The summed E-state index contributed by atoms with van der Waals surface area (Å²) in [6.45, 7) is 6.26. The average molecular weight is 311 g/mol. The molecule has 2 unspecified atom stereocenters. The van der Waals surface area contributed by atoms with Gasteiger partial charge < -0.3 is 4.90 Å². The van der Waals surface area contributed by atoms with E-state index in [-0.39, 0.29) is 5.28 Å². The van der Waals surface area contributed by atoms with Crippen LogP contribution in [-0.2, 0) is 0 Å². The van der Waals surface area contributed by atoms with Crippen LogP contribution >= 0.6 is 23.4 Å². The Morgan fingerprint density at radius 1 is 1.15 bits per heavy atom. The van der Waals surface area contributed by atoms with Crippen LogP contribution in [0, 0.1) is 0 Å². The Morgan fingerprint density at radius 3 is 2.50 bits per heavy atom. The van der Waals surface area contributed by atoms with E-state index in [2.05, 4.69) is 38.7 Å². The van der Waals surface area contributed by atoms with Gasteiger partial charge in [-0.15, -0.1) is 0 Å². The molecular weight excluding hydrogens is 296 g/mol. The van der Waals surface area contributed by atoms with Crippen molar-refractivity contribution in [1.29, 1.82) is 0 Å². The lowest BCUT2D eigenvalue weighted by molar-refractivity contribution is 0.699. The smallest absolute Gasteiger partial charge is 0.241 e. The number of anilines is 1. The minimum absolute atomic E-state index is 0.206. The summed E-state index contributed by atoms with van der Waals surface area (Å²) in [5, 5.41) is 1.30. The molecule has 1 saturated heterocycles. The number of rotatable bonds is 2. The van der Waals surface area contributed by atoms with Crippen LogP contribution in [0.2, 0.25) is 5.28 Å². The molecule has 2 atom stereocenters. The largest absolute Gasteiger partial charge is 0.338 e. The number of aromatic nitrogens is 5. The van der Waals surface area contributed by atoms with Crippen LogP contribution in [0.25, 0.3) is 5.95 Å². The fraction of sp³-hybridized carbons (Fsp3) is 0.500. The molecule has 106 valence electrons. The molecule has 2 aromatic rings. The minimum atomic E-state index is 0.206. The summed E-state index contributed by atoms with van der Waals surface area (Å²) in [5.74, 6) is 1.13. The third-order valence-electron chi connectivity index (χ3n) is 3.02. The highest BCUT2D eigenvalue weighted by Crippen LogP contribution is 2.27. The summed E-state index contributed by atoms with van der Waals surface area (Å²) >= 11 is 8.02. The van der Waals surface area contributed by atoms with E-state index in [0.29, 0.717) is 22.4 Å². The van der Waals surface area contributed by atoms with Gasteiger partial charge in [-0.05, 0) is 11.6 Å². The zero-order valence-corrected chi connectivity index (χ0v) is 12.8. The third kappa shape index (κ3) is 2.88. The van der Waals surface area contributed by atoms with Gasteiger partial charge in [0.05, 0.1) is 0 Å². The van der Waals surface area contributed by atoms with Gasteiger partial charge >= 0.3 is 0 Å². The summed E-state index contributed by atoms with van der Waals surface area (Å²) in [6.07, 6.45) is 5.11. The number of thioether (sulfide) groups is 1. The molecule has 1 fully saturated rings. The van der Waals surface area contributed by atoms with E-state index < -0.39 is 0 Å². The van der Waals surface area contributed by atoms with E-state index in [4.69, 9.17) is 11.6 Å². The fourth-order valence-electron chi connectivity index (χ4n) is 2.30. The van der Waals surface area contributed by atoms with Gasteiger partial charge in [0.25, 0.3) is 0 Å². The highest BCUT2D eigenvalue weighted by molar-refractivity contribution is 8.00. The number of nitrogens with zero attached hydrogens (tertiary/aromatic N) is 6. The highest BCUT2D eigenvalue weighted by atomic mass is 35.5. The Kier molecular flexibility index (Phi) is 3.80. The van der Waals surface area contributed by atoms with Crippen LogP contribution < -0.4 is 4.90 Å². The van der Waals surface area contributed by atoms with Crippen LogP contribution in [0.4, 0.5) is 5.95 Å². The van der Waals surface area contributed by atoms with Crippen LogP contribution in [0.1, 0.15) is 13.8 Å². The zero-order valence-electron chi connectivity index (χ0n) is 11.3. The van der Waals surface area contributed by atoms with Gasteiger partial charge in [-0.25, -0.2) is 4.98 Å². The number of hydrogen-bond donors (Lipinski definition) is 0. The molecule has 2 aromatic heterocycles. The quantitative estimate of drug-likeness (QED) is 0.846. The maximum absolute atomic E-state index is 6.03. The first-order valence-electron chi connectivity index (χ1n) is 6.42. The van der Waals surface area contributed by atoms with Crippen molar-refractivity contribution >= 4 is 29.3 Å². The standard InChI is InChI=1S/C12H15ClN6S/c1-8-5-19(6-9(2)20-8)12-16-10(13)15-11(17-12)18-4-3-14-7-18/h3-4,7-9H,5-6H2,1-2H3. The molecule has 0 bridgehead atoms. The zero-order chi connectivity index (χ0) is 14.1. The lowest BCUT2D eigenvalue weighted by Gasteiger charge is -2.34. The SMILES string of the molecule is CC1CN(c2nc(Cl)nc(-n3ccnc3)n2)CC(C)S1. The summed E-state index contributed by atoms with van der Waals surface area (Å²) < 4.78 is 1.72. The molecule has 0 spiro atoms. The molecular formula is C12H15ClN6S. The van der Waals surface area contributed by atoms with Crippen molar-refractivity contribution in [3.63, 3.8) is 0 Å². The second kappa shape index (κ2) is 5.57. The lowest BCUT2D eigenvalue weighted by atomic mass is 10.3. The first kappa shape index (κ1) is 13.6. The van der Waals surface area contributed by atoms with E-state index in [1.807, 2.05) is 11.8 Å². The Labute approximate surface area is 126 Å². The molecule has 0 radical (unpaired) electrons. The van der Waals surface area contributed by atoms with Gasteiger partial charge in [-0.3, -0.25) is 4.57 Å². The van der Waals surface area contributed by atoms with Crippen molar-refractivity contribution < 1.29 is 0 Å². The molecule has 8 heteroatoms. The summed E-state index contributed by atoms with van der Waals surface area (Å²) in [6, 6.07) is 0. The van der Waals surface area contributed by atoms with Crippen molar-refractivity contribution in [2.75, 3.05) is 18.0 Å². The van der Waals surface area contributed by atoms with Crippen molar-refractivity contribution in [3.8, 4) is 5.95 Å². The molecule has 3 heterocycles. The minimum Gasteiger partial charge on any atom is -0.338 e. The number of imidazole rings is 1. The maximum atomic E-state index is 6.03. The van der Waals surface area contributed by atoms with E-state index in [0.717, 1.165) is 13.1 Å². The van der Waals surface area contributed by atoms with Crippen molar-refractivity contribution in [2.45, 2.75) is 24.3 Å². The Bertz CT molecular complexity index is 580. The second-order valence-electron chi connectivity index (χ2n) is 4.84. The van der Waals surface area contributed by atoms with Crippen LogP contribution in [0.3, 0.4) is 0 Å². The van der Waals surface area contributed by atoms with Gasteiger partial charge in [-0.2, -0.15) is 26.7 Å². The van der Waals surface area contributed by atoms with Crippen LogP contribution in [0.5, 0.6) is 0 Å². The molecule has 0 saturated carbocycles. The first-order chi connectivity index (χ1) is 9.61. The highest BCUT2D eigenvalue weighted by Gasteiger charge is 2.25. The predicted molar refractivity (Wildman–Crippen MR) is 80.7 cm³/mol. The normalized spacial score (nSPS) is 23.1. The molecule has 0 amide bonds. The molecule has 6 nitrogen and oxygen atoms in total. The lowest BCUT2D eigenvalue weighted by Crippen LogP contribution is -2.41. The first-order valence-corrected chi connectivity index (χ1v) is 7.74. The summed E-state index contributed by atoms with van der Waals surface area (Å²) in [5.41, 5.74) is 0. The van der Waals surface area contributed by atoms with E-state index in [1.54, 1.807) is 23.3 Å². The van der Waals surface area contributed by atoms with Crippen LogP contribution in [-0.4, -0.2) is 48.1 Å². The molecule has 1 aliphatic heterocycles. The second-order valence-corrected chi connectivity index (χ2v) is 7.06. The summed E-state index contributed by atoms with van der Waals surface area (Å²) in [7, 11) is 0. The number of halogens is 1. The van der Waals surface area contributed by atoms with Crippen molar-refractivity contribution in [3.05, 3.63) is 24.0 Å². The van der Waals surface area contributed by atoms with Crippen molar-refractivity contribution in [2.24, 2.45) is 0 Å². The topological polar surface area (TPSA) is 59.7 Å². The molecule has 20 heavy (non-hydrogen) atoms. The van der Waals surface area contributed by atoms with Gasteiger partial charge in [0.15, 0.2) is 0 Å². The maximum Gasteiger partial charge on any atom is 0.241 e. The van der Waals surface area contributed by atoms with Crippen LogP contribution in [0.15, 0.2) is 18.7 Å². The Balaban J connectivity index is 1.93. The van der Waals surface area contributed by atoms with Gasteiger partial charge in [0.2, 0.25) is 17.2 Å². The Hall–Kier alpha value is -1.34. The van der Waals surface area contributed by atoms with E-state index in [9.17, 15) is 0 Å². The predicted octanol–water partition coefficient (Wildman–Crippen LogP) is 2.04. The van der Waals surface area contributed by atoms with Crippen molar-refractivity contribution in [1.82, 2.24) is 24.5 Å². The van der Waals surface area contributed by atoms with Gasteiger partial charge in [0, 0.05) is 36.0 Å². The van der Waals surface area contributed by atoms with Gasteiger partial charge in [-0.1, -0.05) is 13.8 Å². The number of hydrogen-bond acceptors (Lipinski definition) is 6. The molecule has 0 aliphatic carbocycles. The molecule has 0 aromatic carbocycles. The summed E-state index contributed by atoms with van der Waals surface area (Å²) in [4.78, 5) is 19.1. The monoisotopic (exact) mass is 310 g/mol. The third-order valence-corrected chi connectivity index (χ3v) is 4.42. The fourth-order valence-corrected chi connectivity index (χ4v) is 3.78. The van der Waals surface area contributed by atoms with E-state index in [1.165, 1.54) is 0 Å². The average Bonchev–Trinajstić information content (AvgIpc) is 2.90. The molecule has 0 N–H and O–H groups in total. The van der Waals surface area contributed by atoms with Gasteiger partial charge in [0.1, 0.15) is 6.33 Å². The molecule has 1 aliphatic rings.